The Morgan fingerprint density at radius 3 is 2.60 bits per heavy atom. The van der Waals surface area contributed by atoms with Crippen molar-refractivity contribution in [3.8, 4) is 0 Å². The van der Waals surface area contributed by atoms with Crippen LogP contribution in [0.15, 0.2) is 36.5 Å². The molecule has 0 saturated carbocycles. The minimum atomic E-state index is 0.474. The Balaban J connectivity index is 1.65. The van der Waals surface area contributed by atoms with E-state index >= 15 is 0 Å². The molecule has 6 nitrogen and oxygen atoms in total. The molecule has 1 aromatic carbocycles. The quantitative estimate of drug-likeness (QED) is 0.681. The number of benzene rings is 1. The average Bonchev–Trinajstić information content (AvgIpc) is 3.09. The zero-order chi connectivity index (χ0) is 18.0. The van der Waals surface area contributed by atoms with Crippen LogP contribution in [0.3, 0.4) is 0 Å². The largest absolute Gasteiger partial charge is 0.329 e. The van der Waals surface area contributed by atoms with Gasteiger partial charge >= 0.3 is 0 Å². The maximum atomic E-state index is 6.19. The smallest absolute Gasteiger partial charge is 0.176 e. The molecule has 0 aliphatic rings. The van der Waals surface area contributed by atoms with E-state index in [4.69, 9.17) is 23.8 Å². The monoisotopic (exact) mass is 374 g/mol. The first-order valence-electron chi connectivity index (χ1n) is 7.79. The van der Waals surface area contributed by atoms with Crippen LogP contribution in [0.4, 0.5) is 11.5 Å². The maximum absolute atomic E-state index is 6.19. The fraction of sp³-hybridized carbons (Fsp3) is 0.235. The summed E-state index contributed by atoms with van der Waals surface area (Å²) in [5, 5.41) is 16.3. The van der Waals surface area contributed by atoms with Gasteiger partial charge in [-0.3, -0.25) is 9.36 Å². The molecular weight excluding hydrogens is 356 g/mol. The summed E-state index contributed by atoms with van der Waals surface area (Å²) < 4.78 is 3.63. The van der Waals surface area contributed by atoms with Gasteiger partial charge in [-0.1, -0.05) is 29.8 Å². The van der Waals surface area contributed by atoms with Crippen LogP contribution >= 0.6 is 23.8 Å². The highest BCUT2D eigenvalue weighted by Crippen LogP contribution is 2.19. The van der Waals surface area contributed by atoms with Gasteiger partial charge in [-0.25, -0.2) is 0 Å². The summed E-state index contributed by atoms with van der Waals surface area (Å²) in [6.45, 7) is 4.53. The lowest BCUT2D eigenvalue weighted by Gasteiger charge is -2.09. The fourth-order valence-corrected chi connectivity index (χ4v) is 2.94. The Morgan fingerprint density at radius 2 is 1.92 bits per heavy atom. The highest BCUT2D eigenvalue weighted by Gasteiger charge is 2.11. The van der Waals surface area contributed by atoms with Crippen molar-refractivity contribution in [1.82, 2.24) is 19.6 Å². The molecule has 25 heavy (non-hydrogen) atoms. The van der Waals surface area contributed by atoms with Crippen LogP contribution in [0.5, 0.6) is 0 Å². The van der Waals surface area contributed by atoms with Gasteiger partial charge in [0, 0.05) is 24.3 Å². The summed E-state index contributed by atoms with van der Waals surface area (Å²) in [5.74, 6) is 0.670. The van der Waals surface area contributed by atoms with Crippen LogP contribution in [0.2, 0.25) is 5.02 Å². The molecule has 2 N–H and O–H groups in total. The van der Waals surface area contributed by atoms with Crippen molar-refractivity contribution in [2.45, 2.75) is 20.4 Å². The summed E-state index contributed by atoms with van der Waals surface area (Å²) in [7, 11) is 1.90. The third-order valence-electron chi connectivity index (χ3n) is 3.92. The fourth-order valence-electron chi connectivity index (χ4n) is 2.53. The van der Waals surface area contributed by atoms with E-state index in [2.05, 4.69) is 20.8 Å². The minimum absolute atomic E-state index is 0.474. The maximum Gasteiger partial charge on any atom is 0.176 e. The lowest BCUT2D eigenvalue weighted by atomic mass is 10.2. The van der Waals surface area contributed by atoms with Gasteiger partial charge in [0.2, 0.25) is 0 Å². The van der Waals surface area contributed by atoms with Crippen LogP contribution in [0, 0.1) is 13.8 Å². The van der Waals surface area contributed by atoms with Crippen molar-refractivity contribution < 1.29 is 0 Å². The Morgan fingerprint density at radius 1 is 1.16 bits per heavy atom. The van der Waals surface area contributed by atoms with E-state index in [1.54, 1.807) is 0 Å². The van der Waals surface area contributed by atoms with Crippen LogP contribution in [0.25, 0.3) is 0 Å². The summed E-state index contributed by atoms with van der Waals surface area (Å²) in [4.78, 5) is 0. The summed E-state index contributed by atoms with van der Waals surface area (Å²) in [6.07, 6.45) is 1.88. The highest BCUT2D eigenvalue weighted by molar-refractivity contribution is 7.80. The topological polar surface area (TPSA) is 59.7 Å². The van der Waals surface area contributed by atoms with Crippen molar-refractivity contribution in [1.29, 1.82) is 0 Å². The molecule has 3 rings (SSSR count). The number of nitrogens with zero attached hydrogens (tertiary/aromatic N) is 4. The zero-order valence-corrected chi connectivity index (χ0v) is 15.8. The van der Waals surface area contributed by atoms with Crippen molar-refractivity contribution >= 4 is 40.4 Å². The van der Waals surface area contributed by atoms with Gasteiger partial charge in [0.1, 0.15) is 0 Å². The Labute approximate surface area is 156 Å². The van der Waals surface area contributed by atoms with E-state index in [-0.39, 0.29) is 0 Å². The number of rotatable bonds is 4. The number of anilines is 2. The molecule has 2 heterocycles. The second-order valence-corrected chi connectivity index (χ2v) is 6.55. The molecule has 8 heteroatoms. The lowest BCUT2D eigenvalue weighted by molar-refractivity contribution is 0.690. The third kappa shape index (κ3) is 4.00. The SMILES string of the molecule is Cc1nn(C)c(C)c1NC(=S)Nc1ccn(Cc2ccccc2Cl)n1. The normalized spacial score (nSPS) is 10.7. The van der Waals surface area contributed by atoms with Gasteiger partial charge in [-0.05, 0) is 37.7 Å². The van der Waals surface area contributed by atoms with Crippen molar-refractivity contribution in [2.24, 2.45) is 7.05 Å². The summed E-state index contributed by atoms with van der Waals surface area (Å²) >= 11 is 11.6. The van der Waals surface area contributed by atoms with Gasteiger partial charge in [0.05, 0.1) is 23.6 Å². The number of hydrogen-bond acceptors (Lipinski definition) is 3. The molecule has 0 amide bonds. The number of nitrogens with one attached hydrogen (secondary N) is 2. The summed E-state index contributed by atoms with van der Waals surface area (Å²) in [6, 6.07) is 9.60. The lowest BCUT2D eigenvalue weighted by Crippen LogP contribution is -2.20. The predicted molar refractivity (Wildman–Crippen MR) is 105 cm³/mol. The molecule has 0 saturated heterocycles. The molecule has 3 aromatic rings. The molecule has 0 aliphatic heterocycles. The minimum Gasteiger partial charge on any atom is -0.329 e. The van der Waals surface area contributed by atoms with Crippen LogP contribution in [-0.2, 0) is 13.6 Å². The molecule has 0 bridgehead atoms. The average molecular weight is 375 g/mol. The Hall–Kier alpha value is -2.38. The van der Waals surface area contributed by atoms with E-state index in [0.29, 0.717) is 17.5 Å². The van der Waals surface area contributed by atoms with Crippen LogP contribution < -0.4 is 10.6 Å². The van der Waals surface area contributed by atoms with E-state index in [0.717, 1.165) is 27.7 Å². The standard InChI is InChI=1S/C17H19ClN6S/c1-11-16(12(2)23(3)21-11)20-17(25)19-15-8-9-24(22-15)10-13-6-4-5-7-14(13)18/h4-9H,10H2,1-3H3,(H2,19,20,22,25). The molecular formula is C17H19ClN6S. The number of aromatic nitrogens is 4. The van der Waals surface area contributed by atoms with Crippen molar-refractivity contribution in [3.05, 3.63) is 58.5 Å². The molecule has 0 unspecified atom stereocenters. The van der Waals surface area contributed by atoms with E-state index in [9.17, 15) is 0 Å². The van der Waals surface area contributed by atoms with E-state index < -0.39 is 0 Å². The van der Waals surface area contributed by atoms with Crippen LogP contribution in [0.1, 0.15) is 17.0 Å². The molecule has 0 atom stereocenters. The van der Waals surface area contributed by atoms with E-state index in [1.807, 2.05) is 66.8 Å². The highest BCUT2D eigenvalue weighted by atomic mass is 35.5. The first kappa shape index (κ1) is 17.4. The van der Waals surface area contributed by atoms with Gasteiger partial charge < -0.3 is 10.6 Å². The second-order valence-electron chi connectivity index (χ2n) is 5.74. The Kier molecular flexibility index (Phi) is 5.06. The Bertz CT molecular complexity index is 914. The van der Waals surface area contributed by atoms with Crippen molar-refractivity contribution in [2.75, 3.05) is 10.6 Å². The number of thiocarbonyl (C=S) groups is 1. The first-order valence-corrected chi connectivity index (χ1v) is 8.57. The van der Waals surface area contributed by atoms with Gasteiger partial charge in [-0.2, -0.15) is 10.2 Å². The van der Waals surface area contributed by atoms with Crippen LogP contribution in [-0.4, -0.2) is 24.7 Å². The molecule has 0 aliphatic carbocycles. The summed E-state index contributed by atoms with van der Waals surface area (Å²) in [5.41, 5.74) is 3.84. The third-order valence-corrected chi connectivity index (χ3v) is 4.49. The molecule has 2 aromatic heterocycles. The van der Waals surface area contributed by atoms with Crippen molar-refractivity contribution in [3.63, 3.8) is 0 Å². The second kappa shape index (κ2) is 7.25. The van der Waals surface area contributed by atoms with Gasteiger partial charge in [0.25, 0.3) is 0 Å². The number of hydrogen-bond donors (Lipinski definition) is 2. The number of halogens is 1. The molecule has 0 radical (unpaired) electrons. The van der Waals surface area contributed by atoms with Gasteiger partial charge in [-0.15, -0.1) is 0 Å². The molecule has 0 spiro atoms. The molecule has 0 fully saturated rings. The predicted octanol–water partition coefficient (Wildman–Crippen LogP) is 3.74. The van der Waals surface area contributed by atoms with E-state index in [1.165, 1.54) is 0 Å². The van der Waals surface area contributed by atoms with Gasteiger partial charge in [0.15, 0.2) is 10.9 Å². The molecule has 130 valence electrons. The number of aryl methyl sites for hydroxylation is 2. The zero-order valence-electron chi connectivity index (χ0n) is 14.2. The first-order chi connectivity index (χ1) is 11.9.